The minimum atomic E-state index is -0.252. The highest BCUT2D eigenvalue weighted by molar-refractivity contribution is 6.21. The van der Waals surface area contributed by atoms with Gasteiger partial charge in [-0.3, -0.25) is 9.59 Å². The number of hydrogen-bond acceptors (Lipinski definition) is 3. The van der Waals surface area contributed by atoms with Crippen molar-refractivity contribution in [2.75, 3.05) is 12.0 Å². The molecule has 0 bridgehead atoms. The molecule has 1 heterocycles. The number of amides is 2. The number of nitrogens with zero attached hydrogens (tertiary/aromatic N) is 1. The largest absolute Gasteiger partial charge is 0.497 e. The molecule has 3 rings (SSSR count). The van der Waals surface area contributed by atoms with E-state index in [9.17, 15) is 9.59 Å². The molecule has 118 valence electrons. The van der Waals surface area contributed by atoms with Gasteiger partial charge in [-0.25, -0.2) is 4.90 Å². The highest BCUT2D eigenvalue weighted by Crippen LogP contribution is 2.24. The first kappa shape index (κ1) is 15.0. The molecule has 1 aromatic carbocycles. The maximum Gasteiger partial charge on any atom is 0.292 e. The number of imide groups is 1. The Labute approximate surface area is 130 Å². The van der Waals surface area contributed by atoms with Gasteiger partial charge >= 0.3 is 0 Å². The molecule has 22 heavy (non-hydrogen) atoms. The van der Waals surface area contributed by atoms with E-state index >= 15 is 0 Å². The second kappa shape index (κ2) is 6.48. The van der Waals surface area contributed by atoms with Gasteiger partial charge in [0.1, 0.15) is 5.75 Å². The average molecular weight is 303 g/mol. The third-order valence-corrected chi connectivity index (χ3v) is 4.67. The van der Waals surface area contributed by atoms with Crippen molar-refractivity contribution in [3.63, 3.8) is 0 Å². The van der Waals surface area contributed by atoms with E-state index in [4.69, 9.17) is 4.74 Å². The summed E-state index contributed by atoms with van der Waals surface area (Å²) in [5.41, 5.74) is 0.635. The van der Waals surface area contributed by atoms with Gasteiger partial charge in [-0.15, -0.1) is 0 Å². The Balaban J connectivity index is 1.70. The Bertz CT molecular complexity index is 550. The van der Waals surface area contributed by atoms with E-state index in [0.29, 0.717) is 23.9 Å². The lowest BCUT2D eigenvalue weighted by atomic mass is 9.95. The van der Waals surface area contributed by atoms with Crippen molar-refractivity contribution in [2.24, 2.45) is 0 Å². The summed E-state index contributed by atoms with van der Waals surface area (Å²) in [6, 6.07) is 7.31. The Hall–Kier alpha value is -1.88. The first-order valence-electron chi connectivity index (χ1n) is 8.05. The Morgan fingerprint density at radius 2 is 1.77 bits per heavy atom. The van der Waals surface area contributed by atoms with Crippen molar-refractivity contribution in [1.29, 1.82) is 0 Å². The summed E-state index contributed by atoms with van der Waals surface area (Å²) in [6.07, 6.45) is 6.37. The standard InChI is InChI=1S/C17H22N2O3/c1-22-14-9-7-13(8-10-14)19-16(20)11-15(17(19)21)18-12-5-3-2-4-6-12/h7-10,12,15,18H,2-6,11H2,1H3/p+1/t15-/m1/s1. The molecule has 5 nitrogen and oxygen atoms in total. The first-order valence-corrected chi connectivity index (χ1v) is 8.05. The van der Waals surface area contributed by atoms with Crippen LogP contribution >= 0.6 is 0 Å². The molecule has 0 unspecified atom stereocenters. The average Bonchev–Trinajstić information content (AvgIpc) is 2.82. The van der Waals surface area contributed by atoms with Gasteiger partial charge in [0.15, 0.2) is 6.04 Å². The van der Waals surface area contributed by atoms with Crippen LogP contribution in [0.5, 0.6) is 5.75 Å². The number of ether oxygens (including phenoxy) is 1. The maximum atomic E-state index is 12.6. The van der Waals surface area contributed by atoms with Crippen molar-refractivity contribution in [1.82, 2.24) is 0 Å². The number of methoxy groups -OCH3 is 1. The Kier molecular flexibility index (Phi) is 4.43. The summed E-state index contributed by atoms with van der Waals surface area (Å²) < 4.78 is 5.11. The number of hydrogen-bond donors (Lipinski definition) is 1. The monoisotopic (exact) mass is 303 g/mol. The summed E-state index contributed by atoms with van der Waals surface area (Å²) in [5.74, 6) is 0.529. The predicted molar refractivity (Wildman–Crippen MR) is 82.7 cm³/mol. The molecular weight excluding hydrogens is 280 g/mol. The molecule has 2 fully saturated rings. The fourth-order valence-electron chi connectivity index (χ4n) is 3.46. The van der Waals surface area contributed by atoms with Crippen molar-refractivity contribution in [2.45, 2.75) is 50.6 Å². The van der Waals surface area contributed by atoms with Crippen LogP contribution in [0, 0.1) is 0 Å². The molecule has 2 N–H and O–H groups in total. The zero-order chi connectivity index (χ0) is 15.5. The van der Waals surface area contributed by atoms with Gasteiger partial charge in [0.25, 0.3) is 5.91 Å². The Morgan fingerprint density at radius 3 is 2.41 bits per heavy atom. The molecule has 0 spiro atoms. The molecule has 1 atom stereocenters. The van der Waals surface area contributed by atoms with Crippen molar-refractivity contribution in [3.8, 4) is 5.75 Å². The van der Waals surface area contributed by atoms with Crippen molar-refractivity contribution >= 4 is 17.5 Å². The van der Waals surface area contributed by atoms with Crippen molar-refractivity contribution < 1.29 is 19.6 Å². The molecule has 1 aliphatic heterocycles. The van der Waals surface area contributed by atoms with Crippen LogP contribution in [-0.2, 0) is 9.59 Å². The van der Waals surface area contributed by atoms with Crippen LogP contribution in [0.4, 0.5) is 5.69 Å². The van der Waals surface area contributed by atoms with Crippen LogP contribution in [-0.4, -0.2) is 31.0 Å². The maximum absolute atomic E-state index is 12.6. The third-order valence-electron chi connectivity index (χ3n) is 4.67. The van der Waals surface area contributed by atoms with E-state index in [-0.39, 0.29) is 17.9 Å². The van der Waals surface area contributed by atoms with E-state index < -0.39 is 0 Å². The number of anilines is 1. The van der Waals surface area contributed by atoms with E-state index in [2.05, 4.69) is 5.32 Å². The molecule has 1 aromatic rings. The van der Waals surface area contributed by atoms with E-state index in [0.717, 1.165) is 12.8 Å². The lowest BCUT2D eigenvalue weighted by molar-refractivity contribution is -0.710. The van der Waals surface area contributed by atoms with Gasteiger partial charge in [0, 0.05) is 0 Å². The van der Waals surface area contributed by atoms with Gasteiger partial charge in [-0.1, -0.05) is 6.42 Å². The summed E-state index contributed by atoms with van der Waals surface area (Å²) >= 11 is 0. The lowest BCUT2D eigenvalue weighted by Crippen LogP contribution is -2.96. The van der Waals surface area contributed by atoms with Crippen LogP contribution in [0.1, 0.15) is 38.5 Å². The fourth-order valence-corrected chi connectivity index (χ4v) is 3.46. The van der Waals surface area contributed by atoms with E-state index in [1.54, 1.807) is 31.4 Å². The molecular formula is C17H23N2O3+. The van der Waals surface area contributed by atoms with Crippen LogP contribution in [0.25, 0.3) is 0 Å². The zero-order valence-corrected chi connectivity index (χ0v) is 13.0. The third kappa shape index (κ3) is 2.99. The van der Waals surface area contributed by atoms with Crippen LogP contribution in [0.3, 0.4) is 0 Å². The van der Waals surface area contributed by atoms with Crippen LogP contribution in [0.2, 0.25) is 0 Å². The van der Waals surface area contributed by atoms with E-state index in [1.165, 1.54) is 24.2 Å². The fraction of sp³-hybridized carbons (Fsp3) is 0.529. The van der Waals surface area contributed by atoms with Crippen LogP contribution < -0.4 is 15.0 Å². The molecule has 1 saturated heterocycles. The predicted octanol–water partition coefficient (Wildman–Crippen LogP) is 1.22. The normalized spacial score (nSPS) is 23.1. The molecule has 1 saturated carbocycles. The highest BCUT2D eigenvalue weighted by atomic mass is 16.5. The van der Waals surface area contributed by atoms with E-state index in [1.807, 2.05) is 0 Å². The number of quaternary nitrogens is 1. The Morgan fingerprint density at radius 1 is 1.09 bits per heavy atom. The molecule has 2 aliphatic rings. The molecule has 5 heteroatoms. The van der Waals surface area contributed by atoms with Crippen molar-refractivity contribution in [3.05, 3.63) is 24.3 Å². The minimum absolute atomic E-state index is 0.0826. The number of benzene rings is 1. The second-order valence-electron chi connectivity index (χ2n) is 6.17. The smallest absolute Gasteiger partial charge is 0.292 e. The lowest BCUT2D eigenvalue weighted by Gasteiger charge is -2.22. The number of carbonyl (C=O) groups excluding carboxylic acids is 2. The van der Waals surface area contributed by atoms with Gasteiger partial charge in [-0.05, 0) is 49.9 Å². The molecule has 1 aliphatic carbocycles. The molecule has 2 amide bonds. The number of rotatable bonds is 4. The SMILES string of the molecule is COc1ccc(N2C(=O)C[C@@H]([NH2+]C3CCCCC3)C2=O)cc1. The summed E-state index contributed by atoms with van der Waals surface area (Å²) in [7, 11) is 1.59. The summed E-state index contributed by atoms with van der Waals surface area (Å²) in [5, 5.41) is 2.13. The second-order valence-corrected chi connectivity index (χ2v) is 6.17. The van der Waals surface area contributed by atoms with Gasteiger partial charge in [-0.2, -0.15) is 0 Å². The zero-order valence-electron chi connectivity index (χ0n) is 13.0. The minimum Gasteiger partial charge on any atom is -0.497 e. The summed E-state index contributed by atoms with van der Waals surface area (Å²) in [4.78, 5) is 26.2. The molecule has 0 radical (unpaired) electrons. The first-order chi connectivity index (χ1) is 10.7. The van der Waals surface area contributed by atoms with Crippen LogP contribution in [0.15, 0.2) is 24.3 Å². The highest BCUT2D eigenvalue weighted by Gasteiger charge is 2.43. The number of nitrogens with two attached hydrogens (primary N) is 1. The summed E-state index contributed by atoms with van der Waals surface area (Å²) in [6.45, 7) is 0. The number of carbonyl (C=O) groups is 2. The topological polar surface area (TPSA) is 63.2 Å². The van der Waals surface area contributed by atoms with Gasteiger partial charge in [0.2, 0.25) is 5.91 Å². The van der Waals surface area contributed by atoms with Gasteiger partial charge in [0.05, 0.1) is 25.3 Å². The quantitative estimate of drug-likeness (QED) is 0.851. The van der Waals surface area contributed by atoms with Gasteiger partial charge < -0.3 is 10.1 Å². The molecule has 0 aromatic heterocycles.